The summed E-state index contributed by atoms with van der Waals surface area (Å²) in [5.41, 5.74) is 0. The Balaban J connectivity index is 2.69. The average molecular weight is 241 g/mol. The van der Waals surface area contributed by atoms with Gasteiger partial charge < -0.3 is 0 Å². The lowest BCUT2D eigenvalue weighted by Crippen LogP contribution is -2.45. The maximum Gasteiger partial charge on any atom is 0.281 e. The first-order valence-corrected chi connectivity index (χ1v) is 6.65. The molecular formula is C8H17ClN2O2S. The van der Waals surface area contributed by atoms with Crippen molar-refractivity contribution in [2.24, 2.45) is 5.92 Å². The van der Waals surface area contributed by atoms with Gasteiger partial charge in [-0.25, -0.2) is 0 Å². The third kappa shape index (κ3) is 2.59. The normalized spacial score (nSPS) is 25.6. The SMILES string of the molecule is CN(C)S(=O)(=O)N1CCCC(CCl)C1. The molecule has 1 heterocycles. The van der Waals surface area contributed by atoms with E-state index < -0.39 is 10.2 Å². The summed E-state index contributed by atoms with van der Waals surface area (Å²) in [6.07, 6.45) is 1.94. The first-order valence-electron chi connectivity index (χ1n) is 4.72. The number of rotatable bonds is 3. The van der Waals surface area contributed by atoms with Crippen molar-refractivity contribution >= 4 is 21.8 Å². The van der Waals surface area contributed by atoms with E-state index in [-0.39, 0.29) is 0 Å². The highest BCUT2D eigenvalue weighted by molar-refractivity contribution is 7.86. The van der Waals surface area contributed by atoms with E-state index in [1.807, 2.05) is 0 Å². The summed E-state index contributed by atoms with van der Waals surface area (Å²) in [6, 6.07) is 0. The van der Waals surface area contributed by atoms with Crippen molar-refractivity contribution < 1.29 is 8.42 Å². The zero-order valence-electron chi connectivity index (χ0n) is 8.61. The van der Waals surface area contributed by atoms with Gasteiger partial charge in [0.2, 0.25) is 0 Å². The predicted octanol–water partition coefficient (Wildman–Crippen LogP) is 0.744. The van der Waals surface area contributed by atoms with Crippen molar-refractivity contribution in [2.75, 3.05) is 33.1 Å². The molecule has 14 heavy (non-hydrogen) atoms. The fourth-order valence-electron chi connectivity index (χ4n) is 1.59. The highest BCUT2D eigenvalue weighted by Crippen LogP contribution is 2.20. The summed E-state index contributed by atoms with van der Waals surface area (Å²) in [7, 11) is -0.125. The lowest BCUT2D eigenvalue weighted by atomic mass is 10.0. The Bertz CT molecular complexity index is 279. The van der Waals surface area contributed by atoms with E-state index in [9.17, 15) is 8.42 Å². The van der Waals surface area contributed by atoms with Crippen LogP contribution in [0.25, 0.3) is 0 Å². The quantitative estimate of drug-likeness (QED) is 0.683. The Hall–Kier alpha value is 0.160. The minimum atomic E-state index is -3.23. The van der Waals surface area contributed by atoms with E-state index in [1.54, 1.807) is 14.1 Å². The van der Waals surface area contributed by atoms with Gasteiger partial charge in [-0.3, -0.25) is 0 Å². The van der Waals surface area contributed by atoms with Gasteiger partial charge in [0.05, 0.1) is 0 Å². The minimum Gasteiger partial charge on any atom is -0.195 e. The topological polar surface area (TPSA) is 40.6 Å². The van der Waals surface area contributed by atoms with Crippen molar-refractivity contribution in [2.45, 2.75) is 12.8 Å². The molecule has 1 unspecified atom stereocenters. The first-order chi connectivity index (χ1) is 6.48. The van der Waals surface area contributed by atoms with Gasteiger partial charge in [-0.15, -0.1) is 11.6 Å². The van der Waals surface area contributed by atoms with Crippen LogP contribution in [0.15, 0.2) is 0 Å². The highest BCUT2D eigenvalue weighted by atomic mass is 35.5. The monoisotopic (exact) mass is 240 g/mol. The predicted molar refractivity (Wildman–Crippen MR) is 57.6 cm³/mol. The first kappa shape index (κ1) is 12.2. The van der Waals surface area contributed by atoms with Gasteiger partial charge in [-0.1, -0.05) is 0 Å². The second-order valence-electron chi connectivity index (χ2n) is 3.81. The number of halogens is 1. The second-order valence-corrected chi connectivity index (χ2v) is 6.26. The van der Waals surface area contributed by atoms with Crippen LogP contribution in [0.1, 0.15) is 12.8 Å². The molecule has 84 valence electrons. The molecular weight excluding hydrogens is 224 g/mol. The fourth-order valence-corrected chi connectivity index (χ4v) is 3.07. The molecule has 0 aliphatic carbocycles. The van der Waals surface area contributed by atoms with Crippen molar-refractivity contribution in [1.82, 2.24) is 8.61 Å². The minimum absolute atomic E-state index is 0.306. The van der Waals surface area contributed by atoms with Crippen molar-refractivity contribution in [3.05, 3.63) is 0 Å². The Labute approximate surface area is 91.0 Å². The molecule has 0 spiro atoms. The molecule has 1 saturated heterocycles. The van der Waals surface area contributed by atoms with E-state index >= 15 is 0 Å². The van der Waals surface area contributed by atoms with Gasteiger partial charge in [0, 0.05) is 33.1 Å². The number of alkyl halides is 1. The van der Waals surface area contributed by atoms with E-state index in [0.717, 1.165) is 12.8 Å². The summed E-state index contributed by atoms with van der Waals surface area (Å²) in [5, 5.41) is 0. The van der Waals surface area contributed by atoms with Crippen molar-refractivity contribution in [3.63, 3.8) is 0 Å². The van der Waals surface area contributed by atoms with Crippen LogP contribution in [-0.2, 0) is 10.2 Å². The zero-order chi connectivity index (χ0) is 10.8. The van der Waals surface area contributed by atoms with Crippen LogP contribution < -0.4 is 0 Å². The molecule has 0 radical (unpaired) electrons. The summed E-state index contributed by atoms with van der Waals surface area (Å²) >= 11 is 5.74. The van der Waals surface area contributed by atoms with Gasteiger partial charge in [-0.2, -0.15) is 17.0 Å². The summed E-state index contributed by atoms with van der Waals surface area (Å²) < 4.78 is 26.3. The molecule has 6 heteroatoms. The molecule has 0 amide bonds. The molecule has 1 aliphatic rings. The molecule has 1 atom stereocenters. The van der Waals surface area contributed by atoms with Gasteiger partial charge in [0.25, 0.3) is 10.2 Å². The molecule has 0 saturated carbocycles. The van der Waals surface area contributed by atoms with Gasteiger partial charge in [0.1, 0.15) is 0 Å². The largest absolute Gasteiger partial charge is 0.281 e. The molecule has 0 aromatic rings. The third-order valence-electron chi connectivity index (χ3n) is 2.49. The van der Waals surface area contributed by atoms with Crippen LogP contribution in [0.2, 0.25) is 0 Å². The van der Waals surface area contributed by atoms with Crippen LogP contribution in [0.5, 0.6) is 0 Å². The molecule has 0 aromatic carbocycles. The molecule has 1 rings (SSSR count). The van der Waals surface area contributed by atoms with Crippen LogP contribution in [0.3, 0.4) is 0 Å². The molecule has 0 N–H and O–H groups in total. The van der Waals surface area contributed by atoms with Crippen LogP contribution in [-0.4, -0.2) is 50.1 Å². The summed E-state index contributed by atoms with van der Waals surface area (Å²) in [5.74, 6) is 0.847. The maximum absolute atomic E-state index is 11.8. The molecule has 1 aliphatic heterocycles. The number of piperidine rings is 1. The lowest BCUT2D eigenvalue weighted by molar-refractivity contribution is 0.270. The van der Waals surface area contributed by atoms with Crippen molar-refractivity contribution in [1.29, 1.82) is 0 Å². The van der Waals surface area contributed by atoms with E-state index in [0.29, 0.717) is 24.9 Å². The smallest absolute Gasteiger partial charge is 0.195 e. The Morgan fingerprint density at radius 1 is 1.50 bits per heavy atom. The van der Waals surface area contributed by atoms with Gasteiger partial charge in [-0.05, 0) is 18.8 Å². The highest BCUT2D eigenvalue weighted by Gasteiger charge is 2.29. The Kier molecular flexibility index (Phi) is 4.18. The third-order valence-corrected chi connectivity index (χ3v) is 4.83. The van der Waals surface area contributed by atoms with E-state index in [1.165, 1.54) is 8.61 Å². The number of hydrogen-bond acceptors (Lipinski definition) is 2. The average Bonchev–Trinajstić information content (AvgIpc) is 2.17. The second kappa shape index (κ2) is 4.79. The molecule has 1 fully saturated rings. The van der Waals surface area contributed by atoms with Gasteiger partial charge >= 0.3 is 0 Å². The van der Waals surface area contributed by atoms with Crippen LogP contribution >= 0.6 is 11.6 Å². The van der Waals surface area contributed by atoms with Crippen molar-refractivity contribution in [3.8, 4) is 0 Å². The van der Waals surface area contributed by atoms with Crippen LogP contribution in [0.4, 0.5) is 0 Å². The lowest BCUT2D eigenvalue weighted by Gasteiger charge is -2.32. The Morgan fingerprint density at radius 3 is 2.64 bits per heavy atom. The molecule has 0 bridgehead atoms. The zero-order valence-corrected chi connectivity index (χ0v) is 10.2. The van der Waals surface area contributed by atoms with E-state index in [2.05, 4.69) is 0 Å². The number of hydrogen-bond donors (Lipinski definition) is 0. The number of nitrogens with zero attached hydrogens (tertiary/aromatic N) is 2. The molecule has 4 nitrogen and oxygen atoms in total. The summed E-state index contributed by atoms with van der Waals surface area (Å²) in [6.45, 7) is 1.18. The summed E-state index contributed by atoms with van der Waals surface area (Å²) in [4.78, 5) is 0. The van der Waals surface area contributed by atoms with Crippen LogP contribution in [0, 0.1) is 5.92 Å². The van der Waals surface area contributed by atoms with Gasteiger partial charge in [0.15, 0.2) is 0 Å². The Morgan fingerprint density at radius 2 is 2.14 bits per heavy atom. The molecule has 0 aromatic heterocycles. The maximum atomic E-state index is 11.8. The standard InChI is InChI=1S/C8H17ClN2O2S/c1-10(2)14(12,13)11-5-3-4-8(6-9)7-11/h8H,3-7H2,1-2H3. The van der Waals surface area contributed by atoms with E-state index in [4.69, 9.17) is 11.6 Å². The fraction of sp³-hybridized carbons (Fsp3) is 1.00.